The van der Waals surface area contributed by atoms with E-state index in [1.807, 2.05) is 73.7 Å². The third-order valence-electron chi connectivity index (χ3n) is 6.07. The SMILES string of the molecule is CC1Cc2cc(C(O)=C3C(=O)C(=O)N(Cc4ccccc4)C3c3cccc(Br)c3)ccc2O1. The number of likely N-dealkylation sites (tertiary alicyclic amines) is 1. The Bertz CT molecular complexity index is 1280. The maximum atomic E-state index is 13.2. The maximum Gasteiger partial charge on any atom is 0.295 e. The minimum atomic E-state index is -0.703. The van der Waals surface area contributed by atoms with Gasteiger partial charge in [-0.1, -0.05) is 58.4 Å². The van der Waals surface area contributed by atoms with Crippen molar-refractivity contribution >= 4 is 33.4 Å². The Balaban J connectivity index is 1.64. The van der Waals surface area contributed by atoms with Gasteiger partial charge in [0.25, 0.3) is 11.7 Å². The summed E-state index contributed by atoms with van der Waals surface area (Å²) in [5, 5.41) is 11.3. The molecule has 3 aromatic carbocycles. The van der Waals surface area contributed by atoms with Crippen LogP contribution in [0.25, 0.3) is 5.76 Å². The molecule has 5 rings (SSSR count). The molecule has 2 aliphatic heterocycles. The lowest BCUT2D eigenvalue weighted by Crippen LogP contribution is -2.29. The molecule has 166 valence electrons. The lowest BCUT2D eigenvalue weighted by molar-refractivity contribution is -0.140. The Kier molecular flexibility index (Phi) is 5.54. The van der Waals surface area contributed by atoms with Crippen LogP contribution in [0.1, 0.15) is 35.2 Å². The van der Waals surface area contributed by atoms with Gasteiger partial charge in [-0.25, -0.2) is 0 Å². The molecule has 6 heteroatoms. The number of fused-ring (bicyclic) bond motifs is 1. The first-order chi connectivity index (χ1) is 15.9. The number of aliphatic hydroxyl groups is 1. The van der Waals surface area contributed by atoms with Crippen LogP contribution < -0.4 is 4.74 Å². The molecule has 1 N–H and O–H groups in total. The van der Waals surface area contributed by atoms with Gasteiger partial charge in [0.1, 0.15) is 17.6 Å². The monoisotopic (exact) mass is 503 g/mol. The summed E-state index contributed by atoms with van der Waals surface area (Å²) in [6, 6.07) is 21.7. The van der Waals surface area contributed by atoms with Crippen LogP contribution in [0.5, 0.6) is 5.75 Å². The number of ketones is 1. The molecule has 3 aromatic rings. The molecule has 5 nitrogen and oxygen atoms in total. The van der Waals surface area contributed by atoms with Gasteiger partial charge in [0, 0.05) is 23.0 Å². The number of ether oxygens (including phenoxy) is 1. The van der Waals surface area contributed by atoms with Gasteiger partial charge < -0.3 is 14.7 Å². The van der Waals surface area contributed by atoms with E-state index in [9.17, 15) is 14.7 Å². The Morgan fingerprint density at radius 3 is 2.61 bits per heavy atom. The summed E-state index contributed by atoms with van der Waals surface area (Å²) in [6.45, 7) is 2.25. The van der Waals surface area contributed by atoms with Crippen molar-refractivity contribution in [2.24, 2.45) is 0 Å². The Morgan fingerprint density at radius 1 is 1.06 bits per heavy atom. The van der Waals surface area contributed by atoms with Gasteiger partial charge in [-0.15, -0.1) is 0 Å². The van der Waals surface area contributed by atoms with Crippen LogP contribution in [0.4, 0.5) is 0 Å². The fraction of sp³-hybridized carbons (Fsp3) is 0.185. The highest BCUT2D eigenvalue weighted by molar-refractivity contribution is 9.10. The van der Waals surface area contributed by atoms with Gasteiger partial charge in [-0.05, 0) is 53.9 Å². The number of carbonyl (C=O) groups is 2. The molecule has 2 atom stereocenters. The van der Waals surface area contributed by atoms with Crippen molar-refractivity contribution in [1.82, 2.24) is 4.90 Å². The second-order valence-corrected chi connectivity index (χ2v) is 9.34. The highest BCUT2D eigenvalue weighted by Gasteiger charge is 2.46. The normalized spacial score (nSPS) is 21.2. The quantitative estimate of drug-likeness (QED) is 0.294. The third-order valence-corrected chi connectivity index (χ3v) is 6.56. The number of aliphatic hydroxyl groups excluding tert-OH is 1. The summed E-state index contributed by atoms with van der Waals surface area (Å²) in [5.74, 6) is -0.689. The Morgan fingerprint density at radius 2 is 1.85 bits per heavy atom. The molecule has 1 saturated heterocycles. The van der Waals surface area contributed by atoms with E-state index < -0.39 is 17.7 Å². The van der Waals surface area contributed by atoms with E-state index in [1.165, 1.54) is 4.90 Å². The summed E-state index contributed by atoms with van der Waals surface area (Å²) in [6.07, 6.45) is 0.795. The molecular weight excluding hydrogens is 482 g/mol. The number of amides is 1. The zero-order valence-corrected chi connectivity index (χ0v) is 19.6. The van der Waals surface area contributed by atoms with E-state index in [0.717, 1.165) is 33.3 Å². The van der Waals surface area contributed by atoms with Crippen LogP contribution in [0, 0.1) is 0 Å². The molecule has 2 unspecified atom stereocenters. The number of rotatable bonds is 4. The molecule has 1 amide bonds. The minimum absolute atomic E-state index is 0.0653. The summed E-state index contributed by atoms with van der Waals surface area (Å²) < 4.78 is 6.59. The smallest absolute Gasteiger partial charge is 0.295 e. The second kappa shape index (κ2) is 8.52. The van der Waals surface area contributed by atoms with Crippen molar-refractivity contribution in [3.63, 3.8) is 0 Å². The topological polar surface area (TPSA) is 66.8 Å². The number of Topliss-reactive ketones (excluding diaryl/α,β-unsaturated/α-hetero) is 1. The van der Waals surface area contributed by atoms with Gasteiger partial charge in [-0.2, -0.15) is 0 Å². The lowest BCUT2D eigenvalue weighted by Gasteiger charge is -2.25. The van der Waals surface area contributed by atoms with Crippen molar-refractivity contribution < 1.29 is 19.4 Å². The van der Waals surface area contributed by atoms with E-state index in [0.29, 0.717) is 5.56 Å². The van der Waals surface area contributed by atoms with Crippen LogP contribution in [0.3, 0.4) is 0 Å². The summed E-state index contributed by atoms with van der Waals surface area (Å²) in [5.41, 5.74) is 3.23. The average molecular weight is 504 g/mol. The van der Waals surface area contributed by atoms with Gasteiger partial charge in [0.2, 0.25) is 0 Å². The van der Waals surface area contributed by atoms with Crippen molar-refractivity contribution in [1.29, 1.82) is 0 Å². The fourth-order valence-corrected chi connectivity index (χ4v) is 4.99. The second-order valence-electron chi connectivity index (χ2n) is 8.42. The predicted molar refractivity (Wildman–Crippen MR) is 129 cm³/mol. The van der Waals surface area contributed by atoms with Crippen molar-refractivity contribution in [2.75, 3.05) is 0 Å². The molecule has 0 aromatic heterocycles. The minimum Gasteiger partial charge on any atom is -0.507 e. The summed E-state index contributed by atoms with van der Waals surface area (Å²) in [7, 11) is 0. The lowest BCUT2D eigenvalue weighted by atomic mass is 9.94. The van der Waals surface area contributed by atoms with Gasteiger partial charge in [0.15, 0.2) is 0 Å². The molecule has 0 aliphatic carbocycles. The van der Waals surface area contributed by atoms with Crippen molar-refractivity contribution in [2.45, 2.75) is 32.0 Å². The highest BCUT2D eigenvalue weighted by Crippen LogP contribution is 2.41. The van der Waals surface area contributed by atoms with E-state index in [4.69, 9.17) is 4.74 Å². The molecule has 0 saturated carbocycles. The molecule has 0 radical (unpaired) electrons. The van der Waals surface area contributed by atoms with Crippen molar-refractivity contribution in [3.05, 3.63) is 105 Å². The number of carbonyl (C=O) groups excluding carboxylic acids is 2. The predicted octanol–water partition coefficient (Wildman–Crippen LogP) is 5.39. The van der Waals surface area contributed by atoms with E-state index in [2.05, 4.69) is 15.9 Å². The molecular formula is C27H22BrNO4. The van der Waals surface area contributed by atoms with Crippen LogP contribution in [0.2, 0.25) is 0 Å². The Labute approximate surface area is 200 Å². The standard InChI is InChI=1S/C27H22BrNO4/c1-16-12-20-13-19(10-11-22(20)33-16)25(30)23-24(18-8-5-9-21(28)14-18)29(27(32)26(23)31)15-17-6-3-2-4-7-17/h2-11,13-14,16,24,30H,12,15H2,1H3. The largest absolute Gasteiger partial charge is 0.507 e. The summed E-state index contributed by atoms with van der Waals surface area (Å²) in [4.78, 5) is 27.9. The summed E-state index contributed by atoms with van der Waals surface area (Å²) >= 11 is 3.49. The third kappa shape index (κ3) is 3.95. The van der Waals surface area contributed by atoms with Crippen LogP contribution in [-0.2, 0) is 22.6 Å². The molecule has 2 heterocycles. The van der Waals surface area contributed by atoms with Crippen LogP contribution in [0.15, 0.2) is 82.8 Å². The zero-order valence-electron chi connectivity index (χ0n) is 18.0. The van der Waals surface area contributed by atoms with Crippen LogP contribution in [-0.4, -0.2) is 27.8 Å². The van der Waals surface area contributed by atoms with Crippen LogP contribution >= 0.6 is 15.9 Å². The Hall–Kier alpha value is -3.38. The number of halogens is 1. The maximum absolute atomic E-state index is 13.2. The molecule has 2 aliphatic rings. The average Bonchev–Trinajstić information content (AvgIpc) is 3.30. The molecule has 0 spiro atoms. The first-order valence-corrected chi connectivity index (χ1v) is 11.6. The van der Waals surface area contributed by atoms with E-state index >= 15 is 0 Å². The molecule has 33 heavy (non-hydrogen) atoms. The highest BCUT2D eigenvalue weighted by atomic mass is 79.9. The first-order valence-electron chi connectivity index (χ1n) is 10.8. The fourth-order valence-electron chi connectivity index (χ4n) is 4.57. The van der Waals surface area contributed by atoms with Crippen molar-refractivity contribution in [3.8, 4) is 5.75 Å². The number of nitrogens with zero attached hydrogens (tertiary/aromatic N) is 1. The molecule has 1 fully saturated rings. The number of benzene rings is 3. The number of hydrogen-bond donors (Lipinski definition) is 1. The van der Waals surface area contributed by atoms with E-state index in [-0.39, 0.29) is 24.0 Å². The number of hydrogen-bond acceptors (Lipinski definition) is 4. The first kappa shape index (κ1) is 21.5. The molecule has 0 bridgehead atoms. The zero-order chi connectivity index (χ0) is 23.1. The van der Waals surface area contributed by atoms with Gasteiger partial charge >= 0.3 is 0 Å². The van der Waals surface area contributed by atoms with Gasteiger partial charge in [-0.3, -0.25) is 9.59 Å². The van der Waals surface area contributed by atoms with E-state index in [1.54, 1.807) is 6.07 Å². The van der Waals surface area contributed by atoms with Gasteiger partial charge in [0.05, 0.1) is 11.6 Å².